The lowest BCUT2D eigenvalue weighted by Gasteiger charge is -2.27. The molecule has 0 fully saturated rings. The summed E-state index contributed by atoms with van der Waals surface area (Å²) >= 11 is 0. The third-order valence-corrected chi connectivity index (χ3v) is 4.44. The van der Waals surface area contributed by atoms with E-state index in [1.807, 2.05) is 54.1 Å². The van der Waals surface area contributed by atoms with E-state index in [2.05, 4.69) is 10.4 Å². The van der Waals surface area contributed by atoms with Gasteiger partial charge in [-0.2, -0.15) is 5.10 Å². The van der Waals surface area contributed by atoms with Gasteiger partial charge in [0.1, 0.15) is 5.75 Å². The van der Waals surface area contributed by atoms with Crippen molar-refractivity contribution < 1.29 is 9.90 Å². The van der Waals surface area contributed by atoms with Crippen LogP contribution in [-0.4, -0.2) is 20.8 Å². The third-order valence-electron chi connectivity index (χ3n) is 4.44. The summed E-state index contributed by atoms with van der Waals surface area (Å²) < 4.78 is 1.87. The van der Waals surface area contributed by atoms with Crippen LogP contribution in [0.1, 0.15) is 29.2 Å². The molecule has 0 aliphatic carbocycles. The molecule has 1 aliphatic heterocycles. The van der Waals surface area contributed by atoms with E-state index < -0.39 is 0 Å². The number of aryl methyl sites for hydroxylation is 1. The predicted molar refractivity (Wildman–Crippen MR) is 91.5 cm³/mol. The van der Waals surface area contributed by atoms with Gasteiger partial charge < -0.3 is 10.4 Å². The van der Waals surface area contributed by atoms with E-state index in [1.165, 1.54) is 0 Å². The molecule has 0 bridgehead atoms. The first-order chi connectivity index (χ1) is 11.6. The van der Waals surface area contributed by atoms with Gasteiger partial charge in [-0.05, 0) is 42.3 Å². The number of carbonyl (C=O) groups is 1. The molecule has 1 aliphatic rings. The van der Waals surface area contributed by atoms with Crippen LogP contribution in [0.15, 0.2) is 54.7 Å². The van der Waals surface area contributed by atoms with Gasteiger partial charge in [0.25, 0.3) is 0 Å². The Labute approximate surface area is 139 Å². The van der Waals surface area contributed by atoms with Crippen LogP contribution < -0.4 is 5.32 Å². The van der Waals surface area contributed by atoms with Crippen LogP contribution in [0.4, 0.5) is 5.69 Å². The summed E-state index contributed by atoms with van der Waals surface area (Å²) in [7, 11) is 0. The van der Waals surface area contributed by atoms with E-state index >= 15 is 0 Å². The maximum absolute atomic E-state index is 12.2. The van der Waals surface area contributed by atoms with Crippen molar-refractivity contribution in [3.63, 3.8) is 0 Å². The van der Waals surface area contributed by atoms with Crippen LogP contribution in [0, 0.1) is 6.92 Å². The Morgan fingerprint density at radius 2 is 2.00 bits per heavy atom. The second-order valence-corrected chi connectivity index (χ2v) is 6.03. The molecule has 0 spiro atoms. The van der Waals surface area contributed by atoms with Gasteiger partial charge in [0, 0.05) is 30.3 Å². The molecule has 0 saturated heterocycles. The number of phenols is 1. The van der Waals surface area contributed by atoms with E-state index in [0.717, 1.165) is 22.5 Å². The van der Waals surface area contributed by atoms with E-state index in [-0.39, 0.29) is 17.6 Å². The average Bonchev–Trinajstić information content (AvgIpc) is 3.06. The smallest absolute Gasteiger partial charge is 0.225 e. The number of aromatic hydroxyl groups is 1. The zero-order valence-electron chi connectivity index (χ0n) is 13.2. The number of phenolic OH excluding ortho intramolecular Hbond substituents is 1. The van der Waals surface area contributed by atoms with Crippen molar-refractivity contribution in [3.8, 4) is 11.4 Å². The summed E-state index contributed by atoms with van der Waals surface area (Å²) in [4.78, 5) is 12.2. The fourth-order valence-electron chi connectivity index (χ4n) is 3.24. The summed E-state index contributed by atoms with van der Waals surface area (Å²) in [6, 6.07) is 15.4. The first kappa shape index (κ1) is 14.5. The van der Waals surface area contributed by atoms with Crippen LogP contribution in [0.5, 0.6) is 5.75 Å². The average molecular weight is 319 g/mol. The second kappa shape index (κ2) is 5.53. The molecule has 0 saturated carbocycles. The molecule has 0 unspecified atom stereocenters. The molecular weight excluding hydrogens is 302 g/mol. The number of nitrogens with zero attached hydrogens (tertiary/aromatic N) is 2. The highest BCUT2D eigenvalue weighted by molar-refractivity contribution is 5.95. The van der Waals surface area contributed by atoms with Gasteiger partial charge in [0.05, 0.1) is 11.4 Å². The molecule has 0 radical (unpaired) electrons. The zero-order chi connectivity index (χ0) is 16.7. The molecule has 3 aromatic rings. The third kappa shape index (κ3) is 2.34. The van der Waals surface area contributed by atoms with Crippen LogP contribution in [0.2, 0.25) is 0 Å². The molecule has 2 aromatic carbocycles. The number of para-hydroxylation sites is 1. The molecule has 1 aromatic heterocycles. The maximum atomic E-state index is 12.2. The summed E-state index contributed by atoms with van der Waals surface area (Å²) in [6.45, 7) is 1.86. The predicted octanol–water partition coefficient (Wildman–Crippen LogP) is 3.36. The molecule has 5 heteroatoms. The van der Waals surface area contributed by atoms with E-state index in [1.54, 1.807) is 12.3 Å². The van der Waals surface area contributed by atoms with Gasteiger partial charge in [-0.15, -0.1) is 0 Å². The van der Waals surface area contributed by atoms with Crippen LogP contribution in [-0.2, 0) is 4.79 Å². The number of nitrogens with one attached hydrogen (secondary N) is 1. The highest BCUT2D eigenvalue weighted by Crippen LogP contribution is 2.40. The lowest BCUT2D eigenvalue weighted by molar-refractivity contribution is -0.116. The number of carbonyl (C=O) groups excluding carboxylic acids is 1. The summed E-state index contributed by atoms with van der Waals surface area (Å²) in [5.41, 5.74) is 4.38. The highest BCUT2D eigenvalue weighted by atomic mass is 16.3. The number of rotatable bonds is 2. The minimum Gasteiger partial charge on any atom is -0.508 e. The first-order valence-electron chi connectivity index (χ1n) is 7.86. The number of hydrogen-bond donors (Lipinski definition) is 2. The van der Waals surface area contributed by atoms with E-state index in [9.17, 15) is 9.90 Å². The normalized spacial score (nSPS) is 16.5. The second-order valence-electron chi connectivity index (χ2n) is 6.03. The molecule has 1 atom stereocenters. The Balaban J connectivity index is 1.86. The molecule has 24 heavy (non-hydrogen) atoms. The number of aromatic nitrogens is 2. The Morgan fingerprint density at radius 1 is 1.21 bits per heavy atom. The first-order valence-corrected chi connectivity index (χ1v) is 7.86. The topological polar surface area (TPSA) is 67.2 Å². The fourth-order valence-corrected chi connectivity index (χ4v) is 3.24. The Hall–Kier alpha value is -3.08. The van der Waals surface area contributed by atoms with Gasteiger partial charge >= 0.3 is 0 Å². The lowest BCUT2D eigenvalue weighted by atomic mass is 9.86. The molecule has 5 nitrogen and oxygen atoms in total. The molecule has 2 N–H and O–H groups in total. The number of anilines is 1. The highest BCUT2D eigenvalue weighted by Gasteiger charge is 2.29. The Bertz CT molecular complexity index is 916. The monoisotopic (exact) mass is 319 g/mol. The van der Waals surface area contributed by atoms with Crippen molar-refractivity contribution in [1.29, 1.82) is 0 Å². The van der Waals surface area contributed by atoms with Crippen LogP contribution in [0.25, 0.3) is 5.69 Å². The lowest BCUT2D eigenvalue weighted by Crippen LogP contribution is -2.25. The van der Waals surface area contributed by atoms with Gasteiger partial charge in [-0.3, -0.25) is 4.79 Å². The molecule has 120 valence electrons. The summed E-state index contributed by atoms with van der Waals surface area (Å²) in [5.74, 6) is 0.0265. The van der Waals surface area contributed by atoms with Crippen LogP contribution >= 0.6 is 0 Å². The van der Waals surface area contributed by atoms with Crippen molar-refractivity contribution in [1.82, 2.24) is 9.78 Å². The van der Waals surface area contributed by atoms with Crippen molar-refractivity contribution in [2.75, 3.05) is 5.32 Å². The van der Waals surface area contributed by atoms with E-state index in [0.29, 0.717) is 12.1 Å². The number of amides is 1. The Morgan fingerprint density at radius 3 is 2.79 bits per heavy atom. The van der Waals surface area contributed by atoms with Gasteiger partial charge in [-0.1, -0.05) is 18.2 Å². The molecule has 2 heterocycles. The quantitative estimate of drug-likeness (QED) is 0.761. The number of benzene rings is 2. The van der Waals surface area contributed by atoms with Crippen LogP contribution in [0.3, 0.4) is 0 Å². The molecule has 1 amide bonds. The maximum Gasteiger partial charge on any atom is 0.225 e. The number of fused-ring (bicyclic) bond motifs is 1. The van der Waals surface area contributed by atoms with Gasteiger partial charge in [-0.25, -0.2) is 4.68 Å². The van der Waals surface area contributed by atoms with E-state index in [4.69, 9.17) is 0 Å². The van der Waals surface area contributed by atoms with Gasteiger partial charge in [0.2, 0.25) is 5.91 Å². The largest absolute Gasteiger partial charge is 0.508 e. The summed E-state index contributed by atoms with van der Waals surface area (Å²) in [5, 5.41) is 17.2. The molecule has 4 rings (SSSR count). The van der Waals surface area contributed by atoms with Gasteiger partial charge in [0.15, 0.2) is 0 Å². The van der Waals surface area contributed by atoms with Crippen molar-refractivity contribution in [2.45, 2.75) is 19.3 Å². The summed E-state index contributed by atoms with van der Waals surface area (Å²) in [6.07, 6.45) is 2.11. The van der Waals surface area contributed by atoms with Crippen molar-refractivity contribution >= 4 is 11.6 Å². The van der Waals surface area contributed by atoms with Crippen molar-refractivity contribution in [2.24, 2.45) is 0 Å². The zero-order valence-corrected chi connectivity index (χ0v) is 13.2. The SMILES string of the molecule is Cc1cc2c(cc1O)NC(=O)C[C@H]2c1ccnn1-c1ccccc1. The Kier molecular flexibility index (Phi) is 3.34. The minimum absolute atomic E-state index is 0.0587. The minimum atomic E-state index is -0.101. The van der Waals surface area contributed by atoms with Crippen molar-refractivity contribution in [3.05, 3.63) is 71.5 Å². The molecular formula is C19H17N3O2. The number of hydrogen-bond acceptors (Lipinski definition) is 3. The fraction of sp³-hybridized carbons (Fsp3) is 0.158. The standard InChI is InChI=1S/C19H17N3O2/c1-12-9-14-15(10-19(24)21-16(14)11-18(12)23)17-7-8-20-22(17)13-5-3-2-4-6-13/h2-9,11,15,23H,10H2,1H3,(H,21,24)/t15-/m1/s1.